The van der Waals surface area contributed by atoms with Crippen molar-refractivity contribution < 1.29 is 14.3 Å². The predicted octanol–water partition coefficient (Wildman–Crippen LogP) is 6.86. The molecule has 0 N–H and O–H groups in total. The molecule has 1 aliphatic rings. The molecule has 1 aliphatic heterocycles. The minimum Gasteiger partial charge on any atom is -0.457 e. The van der Waals surface area contributed by atoms with E-state index in [-0.39, 0.29) is 18.6 Å². The Kier molecular flexibility index (Phi) is 6.21. The lowest BCUT2D eigenvalue weighted by Crippen LogP contribution is -2.09. The first-order chi connectivity index (χ1) is 16.2. The first-order valence-electron chi connectivity index (χ1n) is 10.6. The van der Waals surface area contributed by atoms with Gasteiger partial charge in [0.1, 0.15) is 18.4 Å². The predicted molar refractivity (Wildman–Crippen MR) is 139 cm³/mol. The van der Waals surface area contributed by atoms with E-state index in [0.717, 1.165) is 20.1 Å². The maximum atomic E-state index is 12.4. The summed E-state index contributed by atoms with van der Waals surface area (Å²) in [6.45, 7) is 0.116. The van der Waals surface area contributed by atoms with Crippen molar-refractivity contribution in [1.29, 1.82) is 0 Å². The molecule has 0 aliphatic carbocycles. The standard InChI is InChI=1S/C28H20INO3/c29-24(18-32-28(31)21-12-5-2-6-13-21)26-25(30-27(33-26)20-10-3-1-4-11-20)23-16-15-19-9-7-8-14-22(19)17-23/h1-17,25H,18H2/b26-24+. The van der Waals surface area contributed by atoms with Crippen LogP contribution in [0.25, 0.3) is 10.8 Å². The Bertz CT molecular complexity index is 1360. The molecule has 4 nitrogen and oxygen atoms in total. The zero-order valence-corrected chi connectivity index (χ0v) is 19.8. The van der Waals surface area contributed by atoms with Crippen molar-refractivity contribution in [3.63, 3.8) is 0 Å². The molecule has 4 aromatic carbocycles. The molecule has 0 bridgehead atoms. The van der Waals surface area contributed by atoms with Crippen LogP contribution in [0.1, 0.15) is 27.5 Å². The largest absolute Gasteiger partial charge is 0.457 e. The van der Waals surface area contributed by atoms with E-state index >= 15 is 0 Å². The van der Waals surface area contributed by atoms with E-state index in [1.54, 1.807) is 12.1 Å². The molecule has 0 saturated heterocycles. The van der Waals surface area contributed by atoms with Gasteiger partial charge in [-0.1, -0.05) is 72.8 Å². The van der Waals surface area contributed by atoms with E-state index in [1.165, 1.54) is 5.39 Å². The number of rotatable bonds is 5. The van der Waals surface area contributed by atoms with Gasteiger partial charge in [-0.15, -0.1) is 0 Å². The van der Waals surface area contributed by atoms with Crippen molar-refractivity contribution in [3.05, 3.63) is 129 Å². The fourth-order valence-electron chi connectivity index (χ4n) is 3.74. The van der Waals surface area contributed by atoms with Gasteiger partial charge in [0.05, 0.1) is 9.14 Å². The smallest absolute Gasteiger partial charge is 0.338 e. The summed E-state index contributed by atoms with van der Waals surface area (Å²) in [6, 6.07) is 33.0. The molecule has 5 heteroatoms. The molecule has 4 aromatic rings. The van der Waals surface area contributed by atoms with Gasteiger partial charge in [-0.25, -0.2) is 9.79 Å². The van der Waals surface area contributed by atoms with Crippen LogP contribution in [-0.4, -0.2) is 18.5 Å². The molecule has 0 fully saturated rings. The number of carbonyl (C=O) groups is 1. The zero-order valence-electron chi connectivity index (χ0n) is 17.6. The molecule has 0 radical (unpaired) electrons. The summed E-state index contributed by atoms with van der Waals surface area (Å²) in [6.07, 6.45) is 0. The van der Waals surface area contributed by atoms with Crippen molar-refractivity contribution in [1.82, 2.24) is 0 Å². The lowest BCUT2D eigenvalue weighted by atomic mass is 10.0. The minimum atomic E-state index is -0.366. The number of ether oxygens (including phenoxy) is 2. The van der Waals surface area contributed by atoms with Gasteiger partial charge in [-0.05, 0) is 69.3 Å². The van der Waals surface area contributed by atoms with Crippen LogP contribution < -0.4 is 0 Å². The number of fused-ring (bicyclic) bond motifs is 1. The number of carbonyl (C=O) groups excluding carboxylic acids is 1. The van der Waals surface area contributed by atoms with Crippen molar-refractivity contribution >= 4 is 45.2 Å². The monoisotopic (exact) mass is 545 g/mol. The Hall–Kier alpha value is -3.45. The molecule has 5 rings (SSSR count). The van der Waals surface area contributed by atoms with Gasteiger partial charge in [-0.2, -0.15) is 0 Å². The van der Waals surface area contributed by atoms with Gasteiger partial charge < -0.3 is 9.47 Å². The molecule has 1 atom stereocenters. The maximum Gasteiger partial charge on any atom is 0.338 e. The van der Waals surface area contributed by atoms with E-state index in [0.29, 0.717) is 17.2 Å². The van der Waals surface area contributed by atoms with Gasteiger partial charge in [0.2, 0.25) is 5.90 Å². The van der Waals surface area contributed by atoms with Crippen LogP contribution in [0.5, 0.6) is 0 Å². The normalized spacial score (nSPS) is 16.8. The lowest BCUT2D eigenvalue weighted by Gasteiger charge is -2.13. The Morgan fingerprint density at radius 1 is 0.848 bits per heavy atom. The molecule has 1 heterocycles. The Morgan fingerprint density at radius 3 is 2.27 bits per heavy atom. The summed E-state index contributed by atoms with van der Waals surface area (Å²) in [5.41, 5.74) is 2.45. The number of aliphatic imine (C=N–C) groups is 1. The highest BCUT2D eigenvalue weighted by Crippen LogP contribution is 2.38. The third-order valence-electron chi connectivity index (χ3n) is 5.42. The second-order valence-corrected chi connectivity index (χ2v) is 8.92. The van der Waals surface area contributed by atoms with Crippen molar-refractivity contribution in [2.45, 2.75) is 6.04 Å². The van der Waals surface area contributed by atoms with Gasteiger partial charge in [0, 0.05) is 5.56 Å². The van der Waals surface area contributed by atoms with Crippen LogP contribution in [0.2, 0.25) is 0 Å². The minimum absolute atomic E-state index is 0.116. The Balaban J connectivity index is 1.47. The molecule has 0 saturated carbocycles. The van der Waals surface area contributed by atoms with E-state index in [2.05, 4.69) is 52.9 Å². The van der Waals surface area contributed by atoms with E-state index in [1.807, 2.05) is 60.7 Å². The second kappa shape index (κ2) is 9.58. The molecule has 0 aromatic heterocycles. The summed E-state index contributed by atoms with van der Waals surface area (Å²) in [4.78, 5) is 17.3. The van der Waals surface area contributed by atoms with Gasteiger partial charge >= 0.3 is 5.97 Å². The number of halogens is 1. The number of benzene rings is 4. The Labute approximate surface area is 205 Å². The zero-order chi connectivity index (χ0) is 22.6. The fraction of sp³-hybridized carbons (Fsp3) is 0.0714. The molecule has 33 heavy (non-hydrogen) atoms. The van der Waals surface area contributed by atoms with Crippen LogP contribution in [0.15, 0.2) is 117 Å². The van der Waals surface area contributed by atoms with Gasteiger partial charge in [0.25, 0.3) is 0 Å². The molecule has 1 unspecified atom stereocenters. The molecular formula is C28H20INO3. The summed E-state index contributed by atoms with van der Waals surface area (Å²) in [5, 5.41) is 2.31. The average Bonchev–Trinajstić information content (AvgIpc) is 3.33. The van der Waals surface area contributed by atoms with Crippen LogP contribution in [0.3, 0.4) is 0 Å². The van der Waals surface area contributed by atoms with E-state index < -0.39 is 0 Å². The highest BCUT2D eigenvalue weighted by Gasteiger charge is 2.30. The van der Waals surface area contributed by atoms with Crippen molar-refractivity contribution in [3.8, 4) is 0 Å². The summed E-state index contributed by atoms with van der Waals surface area (Å²) in [7, 11) is 0. The third kappa shape index (κ3) is 4.68. The van der Waals surface area contributed by atoms with E-state index in [9.17, 15) is 4.79 Å². The quantitative estimate of drug-likeness (QED) is 0.203. The maximum absolute atomic E-state index is 12.4. The highest BCUT2D eigenvalue weighted by atomic mass is 127. The number of hydrogen-bond acceptors (Lipinski definition) is 4. The molecule has 0 amide bonds. The summed E-state index contributed by atoms with van der Waals surface area (Å²) < 4.78 is 12.6. The van der Waals surface area contributed by atoms with Crippen molar-refractivity contribution in [2.24, 2.45) is 4.99 Å². The fourth-order valence-corrected chi connectivity index (χ4v) is 4.30. The molecule has 162 valence electrons. The lowest BCUT2D eigenvalue weighted by molar-refractivity contribution is 0.0545. The summed E-state index contributed by atoms with van der Waals surface area (Å²) >= 11 is 2.19. The second-order valence-electron chi connectivity index (χ2n) is 7.62. The van der Waals surface area contributed by atoms with E-state index in [4.69, 9.17) is 14.5 Å². The third-order valence-corrected chi connectivity index (χ3v) is 6.26. The van der Waals surface area contributed by atoms with Crippen LogP contribution in [0.4, 0.5) is 0 Å². The summed E-state index contributed by atoms with van der Waals surface area (Å²) in [5.74, 6) is 0.882. The topological polar surface area (TPSA) is 47.9 Å². The van der Waals surface area contributed by atoms with Gasteiger partial charge in [0.15, 0.2) is 0 Å². The van der Waals surface area contributed by atoms with Crippen LogP contribution >= 0.6 is 22.6 Å². The molecule has 0 spiro atoms. The first kappa shape index (κ1) is 21.4. The number of hydrogen-bond donors (Lipinski definition) is 0. The van der Waals surface area contributed by atoms with Crippen LogP contribution in [-0.2, 0) is 9.47 Å². The first-order valence-corrected chi connectivity index (χ1v) is 11.7. The SMILES string of the molecule is O=C(OC/C(I)=C1\OC(c2ccccc2)=NC1c1ccc2ccccc2c1)c1ccccc1. The number of esters is 1. The Morgan fingerprint density at radius 2 is 1.52 bits per heavy atom. The highest BCUT2D eigenvalue weighted by molar-refractivity contribution is 14.1. The van der Waals surface area contributed by atoms with Gasteiger partial charge in [-0.3, -0.25) is 0 Å². The average molecular weight is 545 g/mol. The van der Waals surface area contributed by atoms with Crippen LogP contribution in [0, 0.1) is 0 Å². The number of nitrogens with zero attached hydrogens (tertiary/aromatic N) is 1. The van der Waals surface area contributed by atoms with Crippen molar-refractivity contribution in [2.75, 3.05) is 6.61 Å². The molecular weight excluding hydrogens is 525 g/mol.